The largest absolute Gasteiger partial charge is 0.424 e. The van der Waals surface area contributed by atoms with E-state index in [2.05, 4.69) is 15.2 Å². The van der Waals surface area contributed by atoms with Crippen LogP contribution in [0, 0.1) is 6.92 Å². The molecule has 1 aromatic carbocycles. The molecule has 3 rings (SSSR count). The first-order valence-corrected chi connectivity index (χ1v) is 8.26. The van der Waals surface area contributed by atoms with Crippen LogP contribution >= 0.6 is 0 Å². The lowest BCUT2D eigenvalue weighted by Crippen LogP contribution is -2.45. The van der Waals surface area contributed by atoms with E-state index < -0.39 is 0 Å². The minimum atomic E-state index is -0.357. The lowest BCUT2D eigenvalue weighted by molar-refractivity contribution is -0.136. The van der Waals surface area contributed by atoms with Crippen LogP contribution in [-0.4, -0.2) is 31.5 Å². The van der Waals surface area contributed by atoms with Gasteiger partial charge in [0.2, 0.25) is 17.7 Å². The monoisotopic (exact) mass is 338 g/mol. The van der Waals surface area contributed by atoms with Crippen LogP contribution in [0.5, 0.6) is 0 Å². The Morgan fingerprint density at radius 3 is 2.64 bits per heavy atom. The molecule has 0 fully saturated rings. The third kappa shape index (κ3) is 4.02. The van der Waals surface area contributed by atoms with Gasteiger partial charge in [-0.15, -0.1) is 10.2 Å². The fraction of sp³-hybridized carbons (Fsp3) is 0.368. The third-order valence-electron chi connectivity index (χ3n) is 3.97. The Labute approximate surface area is 146 Å². The smallest absolute Gasteiger partial charge is 0.235 e. The Morgan fingerprint density at radius 1 is 1.20 bits per heavy atom. The van der Waals surface area contributed by atoms with Gasteiger partial charge in [-0.1, -0.05) is 18.2 Å². The molecule has 1 amide bonds. The molecule has 0 unspecified atom stereocenters. The normalized spacial score (nSPS) is 11.7. The average Bonchev–Trinajstić information content (AvgIpc) is 2.96. The zero-order valence-corrected chi connectivity index (χ0v) is 15.0. The minimum Gasteiger partial charge on any atom is -0.424 e. The van der Waals surface area contributed by atoms with Crippen molar-refractivity contribution in [1.29, 1.82) is 0 Å². The molecule has 0 spiro atoms. The topological polar surface area (TPSA) is 72.1 Å². The number of benzene rings is 1. The molecule has 0 saturated heterocycles. The summed E-state index contributed by atoms with van der Waals surface area (Å²) in [7, 11) is 0. The molecule has 6 heteroatoms. The Kier molecular flexibility index (Phi) is 4.53. The Balaban J connectivity index is 1.81. The fourth-order valence-corrected chi connectivity index (χ4v) is 2.72. The van der Waals surface area contributed by atoms with E-state index in [-0.39, 0.29) is 17.9 Å². The van der Waals surface area contributed by atoms with Gasteiger partial charge in [0.1, 0.15) is 0 Å². The summed E-state index contributed by atoms with van der Waals surface area (Å²) < 4.78 is 5.44. The summed E-state index contributed by atoms with van der Waals surface area (Å²) in [5.41, 5.74) is 1.45. The molecule has 0 atom stereocenters. The van der Waals surface area contributed by atoms with Crippen molar-refractivity contribution in [1.82, 2.24) is 20.1 Å². The molecule has 0 N–H and O–H groups in total. The highest BCUT2D eigenvalue weighted by Crippen LogP contribution is 2.20. The number of amides is 1. The van der Waals surface area contributed by atoms with E-state index in [9.17, 15) is 4.79 Å². The van der Waals surface area contributed by atoms with Crippen LogP contribution in [0.2, 0.25) is 0 Å². The highest BCUT2D eigenvalue weighted by molar-refractivity contribution is 5.83. The first kappa shape index (κ1) is 17.1. The number of carbonyl (C=O) groups excluding carboxylic acids is 1. The summed E-state index contributed by atoms with van der Waals surface area (Å²) in [6.45, 7) is 8.01. The Bertz CT molecular complexity index is 896. The van der Waals surface area contributed by atoms with Gasteiger partial charge in [0.25, 0.3) is 0 Å². The molecule has 0 aliphatic heterocycles. The van der Waals surface area contributed by atoms with Gasteiger partial charge >= 0.3 is 0 Å². The lowest BCUT2D eigenvalue weighted by Gasteiger charge is -2.34. The zero-order chi connectivity index (χ0) is 18.0. The van der Waals surface area contributed by atoms with E-state index in [4.69, 9.17) is 4.42 Å². The first-order valence-electron chi connectivity index (χ1n) is 8.26. The van der Waals surface area contributed by atoms with Crippen molar-refractivity contribution in [3.63, 3.8) is 0 Å². The molecule has 2 heterocycles. The molecule has 3 aromatic rings. The average molecular weight is 338 g/mol. The second-order valence-electron chi connectivity index (χ2n) is 7.08. The molecule has 25 heavy (non-hydrogen) atoms. The summed E-state index contributed by atoms with van der Waals surface area (Å²) in [4.78, 5) is 19.1. The number of hydrogen-bond acceptors (Lipinski definition) is 5. The standard InChI is InChI=1S/C19H22N4O2/c1-13-21-22-17(25-13)12-23(19(2,3)4)18(24)10-14-9-15-7-5-6-8-16(15)20-11-14/h5-9,11H,10,12H2,1-4H3. The van der Waals surface area contributed by atoms with E-state index in [0.717, 1.165) is 16.5 Å². The van der Waals surface area contributed by atoms with Crippen LogP contribution in [0.4, 0.5) is 0 Å². The maximum atomic E-state index is 12.9. The number of nitrogens with zero attached hydrogens (tertiary/aromatic N) is 4. The summed E-state index contributed by atoms with van der Waals surface area (Å²) in [5.74, 6) is 0.938. The van der Waals surface area contributed by atoms with Gasteiger partial charge in [-0.05, 0) is 38.5 Å². The van der Waals surface area contributed by atoms with Crippen molar-refractivity contribution in [2.75, 3.05) is 0 Å². The van der Waals surface area contributed by atoms with Gasteiger partial charge < -0.3 is 9.32 Å². The number of aromatic nitrogens is 3. The van der Waals surface area contributed by atoms with Crippen LogP contribution in [-0.2, 0) is 17.8 Å². The van der Waals surface area contributed by atoms with E-state index in [0.29, 0.717) is 18.3 Å². The van der Waals surface area contributed by atoms with Gasteiger partial charge in [0, 0.05) is 24.0 Å². The highest BCUT2D eigenvalue weighted by Gasteiger charge is 2.28. The van der Waals surface area contributed by atoms with Crippen LogP contribution in [0.3, 0.4) is 0 Å². The van der Waals surface area contributed by atoms with Gasteiger partial charge in [-0.2, -0.15) is 0 Å². The predicted octanol–water partition coefficient (Wildman–Crippen LogP) is 3.30. The van der Waals surface area contributed by atoms with Crippen LogP contribution in [0.15, 0.2) is 40.9 Å². The molecular weight excluding hydrogens is 316 g/mol. The van der Waals surface area contributed by atoms with Crippen molar-refractivity contribution < 1.29 is 9.21 Å². The molecule has 130 valence electrons. The molecular formula is C19H22N4O2. The second kappa shape index (κ2) is 6.63. The molecule has 0 bridgehead atoms. The molecule has 0 radical (unpaired) electrons. The quantitative estimate of drug-likeness (QED) is 0.730. The number of pyridine rings is 1. The molecule has 2 aromatic heterocycles. The van der Waals surface area contributed by atoms with Crippen molar-refractivity contribution in [2.24, 2.45) is 0 Å². The summed E-state index contributed by atoms with van der Waals surface area (Å²) in [6.07, 6.45) is 2.04. The van der Waals surface area contributed by atoms with Crippen LogP contribution < -0.4 is 0 Å². The predicted molar refractivity (Wildman–Crippen MR) is 94.8 cm³/mol. The van der Waals surface area contributed by atoms with Crippen molar-refractivity contribution in [3.05, 3.63) is 53.9 Å². The Morgan fingerprint density at radius 2 is 1.96 bits per heavy atom. The molecule has 6 nitrogen and oxygen atoms in total. The van der Waals surface area contributed by atoms with Gasteiger partial charge in [0.15, 0.2) is 0 Å². The summed E-state index contributed by atoms with van der Waals surface area (Å²) in [5, 5.41) is 8.87. The summed E-state index contributed by atoms with van der Waals surface area (Å²) >= 11 is 0. The maximum absolute atomic E-state index is 12.9. The van der Waals surface area contributed by atoms with Crippen LogP contribution in [0.1, 0.15) is 38.1 Å². The second-order valence-corrected chi connectivity index (χ2v) is 7.08. The fourth-order valence-electron chi connectivity index (χ4n) is 2.72. The van der Waals surface area contributed by atoms with E-state index in [1.807, 2.05) is 51.1 Å². The SMILES string of the molecule is Cc1nnc(CN(C(=O)Cc2cnc3ccccc3c2)C(C)(C)C)o1. The van der Waals surface area contributed by atoms with Gasteiger partial charge in [-0.25, -0.2) is 0 Å². The molecule has 0 aliphatic carbocycles. The number of carbonyl (C=O) groups is 1. The van der Waals surface area contributed by atoms with E-state index in [1.165, 1.54) is 0 Å². The molecule has 0 saturated carbocycles. The first-order chi connectivity index (χ1) is 11.8. The van der Waals surface area contributed by atoms with Crippen molar-refractivity contribution in [2.45, 2.75) is 46.2 Å². The van der Waals surface area contributed by atoms with E-state index >= 15 is 0 Å². The third-order valence-corrected chi connectivity index (χ3v) is 3.97. The van der Waals surface area contributed by atoms with E-state index in [1.54, 1.807) is 18.0 Å². The number of aryl methyl sites for hydroxylation is 1. The van der Waals surface area contributed by atoms with Crippen molar-refractivity contribution in [3.8, 4) is 0 Å². The zero-order valence-electron chi connectivity index (χ0n) is 15.0. The van der Waals surface area contributed by atoms with Gasteiger partial charge in [0.05, 0.1) is 18.5 Å². The number of fused-ring (bicyclic) bond motifs is 1. The Hall–Kier alpha value is -2.76. The van der Waals surface area contributed by atoms with Gasteiger partial charge in [-0.3, -0.25) is 9.78 Å². The number of hydrogen-bond donors (Lipinski definition) is 0. The van der Waals surface area contributed by atoms with Crippen LogP contribution in [0.25, 0.3) is 10.9 Å². The summed E-state index contributed by atoms with van der Waals surface area (Å²) in [6, 6.07) is 9.89. The number of rotatable bonds is 4. The minimum absolute atomic E-state index is 0.000402. The van der Waals surface area contributed by atoms with Crippen molar-refractivity contribution >= 4 is 16.8 Å². The molecule has 0 aliphatic rings. The maximum Gasteiger partial charge on any atom is 0.235 e. The highest BCUT2D eigenvalue weighted by atomic mass is 16.4. The number of para-hydroxylation sites is 1. The lowest BCUT2D eigenvalue weighted by atomic mass is 10.0.